The normalized spacial score (nSPS) is 18.5. The van der Waals surface area contributed by atoms with Gasteiger partial charge in [0.1, 0.15) is 0 Å². The molecule has 1 aromatic carbocycles. The summed E-state index contributed by atoms with van der Waals surface area (Å²) >= 11 is 0. The molecular formula is C16H15F3O3S. The highest BCUT2D eigenvalue weighted by Crippen LogP contribution is 2.39. The van der Waals surface area contributed by atoms with Crippen LogP contribution >= 0.6 is 0 Å². The summed E-state index contributed by atoms with van der Waals surface area (Å²) in [4.78, 5) is -0.114. The van der Waals surface area contributed by atoms with Crippen LogP contribution in [0.15, 0.2) is 64.4 Å². The molecule has 1 atom stereocenters. The van der Waals surface area contributed by atoms with Gasteiger partial charge in [-0.25, -0.2) is 8.42 Å². The maximum absolute atomic E-state index is 12.8. The Bertz CT molecular complexity index is 783. The molecule has 7 heteroatoms. The van der Waals surface area contributed by atoms with Crippen molar-refractivity contribution in [2.75, 3.05) is 0 Å². The lowest BCUT2D eigenvalue weighted by molar-refractivity contribution is -0.258. The first-order valence-corrected chi connectivity index (χ1v) is 8.17. The van der Waals surface area contributed by atoms with Crippen molar-refractivity contribution in [3.05, 3.63) is 65.1 Å². The number of alkyl halides is 3. The third kappa shape index (κ3) is 3.11. The molecule has 0 unspecified atom stereocenters. The largest absolute Gasteiger partial charge is 0.421 e. The summed E-state index contributed by atoms with van der Waals surface area (Å²) in [6.07, 6.45) is 0.408. The van der Waals surface area contributed by atoms with E-state index in [1.165, 1.54) is 6.08 Å². The summed E-state index contributed by atoms with van der Waals surface area (Å²) in [5.41, 5.74) is -3.16. The molecule has 0 radical (unpaired) electrons. The Hall–Kier alpha value is -1.86. The average Bonchev–Trinajstić information content (AvgIpc) is 2.46. The van der Waals surface area contributed by atoms with Crippen LogP contribution in [0.25, 0.3) is 0 Å². The molecule has 0 spiro atoms. The van der Waals surface area contributed by atoms with Crippen molar-refractivity contribution in [2.45, 2.75) is 30.0 Å². The maximum Gasteiger partial charge on any atom is 0.421 e. The molecule has 0 saturated carbocycles. The average molecular weight is 344 g/mol. The van der Waals surface area contributed by atoms with Gasteiger partial charge in [0.15, 0.2) is 5.60 Å². The van der Waals surface area contributed by atoms with E-state index in [0.29, 0.717) is 18.9 Å². The number of hydrogen-bond donors (Lipinski definition) is 1. The zero-order valence-electron chi connectivity index (χ0n) is 12.3. The van der Waals surface area contributed by atoms with Crippen LogP contribution in [0, 0.1) is 0 Å². The minimum atomic E-state index is -4.86. The van der Waals surface area contributed by atoms with Crippen molar-refractivity contribution in [1.82, 2.24) is 0 Å². The Morgan fingerprint density at radius 3 is 2.22 bits per heavy atom. The van der Waals surface area contributed by atoms with Crippen LogP contribution in [-0.2, 0) is 15.4 Å². The fourth-order valence-corrected chi connectivity index (χ4v) is 3.61. The summed E-state index contributed by atoms with van der Waals surface area (Å²) in [5.74, 6) is 0. The van der Waals surface area contributed by atoms with Crippen molar-refractivity contribution in [3.63, 3.8) is 0 Å². The lowest BCUT2D eigenvalue weighted by atomic mass is 9.96. The summed E-state index contributed by atoms with van der Waals surface area (Å²) in [5, 5.41) is 9.60. The summed E-state index contributed by atoms with van der Waals surface area (Å²) < 4.78 is 63.4. The van der Waals surface area contributed by atoms with E-state index in [2.05, 4.69) is 6.58 Å². The Labute approximate surface area is 132 Å². The highest BCUT2D eigenvalue weighted by molar-refractivity contribution is 7.95. The molecule has 2 rings (SSSR count). The molecule has 0 saturated heterocycles. The minimum absolute atomic E-state index is 0.0373. The second kappa shape index (κ2) is 5.65. The number of sulfone groups is 1. The Morgan fingerprint density at radius 1 is 1.17 bits per heavy atom. The maximum atomic E-state index is 12.8. The molecule has 0 fully saturated rings. The van der Waals surface area contributed by atoms with Crippen molar-refractivity contribution in [2.24, 2.45) is 0 Å². The molecule has 0 heterocycles. The van der Waals surface area contributed by atoms with Crippen molar-refractivity contribution < 1.29 is 26.7 Å². The first-order valence-electron chi connectivity index (χ1n) is 6.68. The fourth-order valence-electron chi connectivity index (χ4n) is 2.13. The van der Waals surface area contributed by atoms with E-state index in [1.807, 2.05) is 0 Å². The van der Waals surface area contributed by atoms with E-state index >= 15 is 0 Å². The molecule has 1 N–H and O–H groups in total. The molecule has 1 aliphatic carbocycles. The van der Waals surface area contributed by atoms with E-state index in [4.69, 9.17) is 0 Å². The Morgan fingerprint density at radius 2 is 1.74 bits per heavy atom. The van der Waals surface area contributed by atoms with Gasteiger partial charge in [-0.3, -0.25) is 0 Å². The van der Waals surface area contributed by atoms with Crippen molar-refractivity contribution in [3.8, 4) is 0 Å². The van der Waals surface area contributed by atoms with Gasteiger partial charge in [-0.15, -0.1) is 0 Å². The first-order chi connectivity index (χ1) is 10.5. The summed E-state index contributed by atoms with van der Waals surface area (Å²) in [6.45, 7) is 4.27. The third-order valence-electron chi connectivity index (χ3n) is 3.64. The van der Waals surface area contributed by atoms with Gasteiger partial charge in [-0.2, -0.15) is 13.2 Å². The zero-order valence-corrected chi connectivity index (χ0v) is 13.1. The SMILES string of the molecule is C=C1C=CCC=C1S(=O)(=O)c1ccc([C@@](C)(O)C(F)(F)F)cc1. The van der Waals surface area contributed by atoms with Crippen LogP contribution in [0.2, 0.25) is 0 Å². The van der Waals surface area contributed by atoms with Gasteiger partial charge in [0.25, 0.3) is 0 Å². The third-order valence-corrected chi connectivity index (χ3v) is 5.54. The molecule has 0 amide bonds. The van der Waals surface area contributed by atoms with Crippen LogP contribution in [-0.4, -0.2) is 19.7 Å². The van der Waals surface area contributed by atoms with E-state index in [1.54, 1.807) is 12.2 Å². The van der Waals surface area contributed by atoms with Crippen molar-refractivity contribution >= 4 is 9.84 Å². The van der Waals surface area contributed by atoms with Gasteiger partial charge in [-0.1, -0.05) is 36.9 Å². The summed E-state index contributed by atoms with van der Waals surface area (Å²) in [6, 6.07) is 4.03. The fraction of sp³-hybridized carbons (Fsp3) is 0.250. The second-order valence-electron chi connectivity index (χ2n) is 5.33. The summed E-state index contributed by atoms with van der Waals surface area (Å²) in [7, 11) is -3.86. The van der Waals surface area contributed by atoms with Crippen LogP contribution in [0.1, 0.15) is 18.9 Å². The highest BCUT2D eigenvalue weighted by atomic mass is 32.2. The van der Waals surface area contributed by atoms with E-state index < -0.39 is 27.2 Å². The number of aliphatic hydroxyl groups is 1. The molecule has 3 nitrogen and oxygen atoms in total. The van der Waals surface area contributed by atoms with Crippen LogP contribution in [0.4, 0.5) is 13.2 Å². The quantitative estimate of drug-likeness (QED) is 0.911. The molecule has 1 aliphatic rings. The predicted molar refractivity (Wildman–Crippen MR) is 80.2 cm³/mol. The van der Waals surface area contributed by atoms with Gasteiger partial charge in [-0.05, 0) is 36.6 Å². The highest BCUT2D eigenvalue weighted by Gasteiger charge is 2.51. The molecular weight excluding hydrogens is 329 g/mol. The zero-order chi connectivity index (χ0) is 17.5. The second-order valence-corrected chi connectivity index (χ2v) is 7.25. The Kier molecular flexibility index (Phi) is 4.30. The topological polar surface area (TPSA) is 54.4 Å². The number of hydrogen-bond acceptors (Lipinski definition) is 3. The molecule has 0 aromatic heterocycles. The van der Waals surface area contributed by atoms with Crippen molar-refractivity contribution in [1.29, 1.82) is 0 Å². The van der Waals surface area contributed by atoms with E-state index in [0.717, 1.165) is 24.3 Å². The monoisotopic (exact) mass is 344 g/mol. The van der Waals surface area contributed by atoms with E-state index in [-0.39, 0.29) is 9.80 Å². The number of rotatable bonds is 3. The van der Waals surface area contributed by atoms with E-state index in [9.17, 15) is 26.7 Å². The number of halogens is 3. The van der Waals surface area contributed by atoms with Gasteiger partial charge in [0, 0.05) is 0 Å². The number of allylic oxidation sites excluding steroid dienone is 4. The molecule has 23 heavy (non-hydrogen) atoms. The standard InChI is InChI=1S/C16H15F3O3S/c1-11-5-3-4-6-14(11)23(21,22)13-9-7-12(8-10-13)15(2,20)16(17,18)19/h3,5-10,20H,1,4H2,2H3/t15-/m1/s1. The predicted octanol–water partition coefficient (Wildman–Crippen LogP) is 3.63. The van der Waals surface area contributed by atoms with Crippen LogP contribution in [0.5, 0.6) is 0 Å². The number of benzene rings is 1. The van der Waals surface area contributed by atoms with Gasteiger partial charge < -0.3 is 5.11 Å². The first kappa shape index (κ1) is 17.5. The van der Waals surface area contributed by atoms with Crippen LogP contribution in [0.3, 0.4) is 0 Å². The smallest absolute Gasteiger partial charge is 0.376 e. The molecule has 0 bridgehead atoms. The Balaban J connectivity index is 2.41. The van der Waals surface area contributed by atoms with Gasteiger partial charge in [0.05, 0.1) is 9.80 Å². The molecule has 124 valence electrons. The van der Waals surface area contributed by atoms with Gasteiger partial charge >= 0.3 is 6.18 Å². The molecule has 0 aliphatic heterocycles. The lowest BCUT2D eigenvalue weighted by Gasteiger charge is -2.26. The van der Waals surface area contributed by atoms with Gasteiger partial charge in [0.2, 0.25) is 9.84 Å². The van der Waals surface area contributed by atoms with Crippen LogP contribution < -0.4 is 0 Å². The lowest BCUT2D eigenvalue weighted by Crippen LogP contribution is -2.39. The molecule has 1 aromatic rings. The minimum Gasteiger partial charge on any atom is -0.376 e.